The third-order valence-electron chi connectivity index (χ3n) is 4.69. The highest BCUT2D eigenvalue weighted by molar-refractivity contribution is 7.12. The minimum absolute atomic E-state index is 0. The highest BCUT2D eigenvalue weighted by atomic mass is 35.5. The largest absolute Gasteiger partial charge is 0.477 e. The number of nitrogens with two attached hydrogens (primary N) is 1. The molecule has 3 aromatic heterocycles. The molecule has 8 nitrogen and oxygen atoms in total. The summed E-state index contributed by atoms with van der Waals surface area (Å²) >= 11 is 1.34. The molecular weight excluding hydrogens is 390 g/mol. The van der Waals surface area contributed by atoms with Crippen molar-refractivity contribution in [1.82, 2.24) is 14.5 Å². The van der Waals surface area contributed by atoms with Crippen LogP contribution in [-0.4, -0.2) is 44.7 Å². The topological polar surface area (TPSA) is 114 Å². The van der Waals surface area contributed by atoms with Crippen LogP contribution in [0.4, 0.5) is 5.82 Å². The first-order valence-electron chi connectivity index (χ1n) is 8.16. The number of nitrogens with zero attached hydrogens (tertiary/aromatic N) is 4. The SMILES string of the molecule is C[C@H]1CN(c2ccc3c(=O)c(C(=O)O)cn(-c4nccs4)c3n2)C[C@@H]1N.Cl. The lowest BCUT2D eigenvalue weighted by molar-refractivity contribution is 0.0695. The van der Waals surface area contributed by atoms with Gasteiger partial charge in [-0.15, -0.1) is 23.7 Å². The molecular formula is C17H18ClN5O3S. The number of aromatic nitrogens is 3. The highest BCUT2D eigenvalue weighted by Crippen LogP contribution is 2.25. The lowest BCUT2D eigenvalue weighted by Crippen LogP contribution is -2.29. The summed E-state index contributed by atoms with van der Waals surface area (Å²) in [4.78, 5) is 35.0. The van der Waals surface area contributed by atoms with Crippen molar-refractivity contribution in [3.63, 3.8) is 0 Å². The molecule has 3 N–H and O–H groups in total. The van der Waals surface area contributed by atoms with Gasteiger partial charge in [-0.25, -0.2) is 14.8 Å². The van der Waals surface area contributed by atoms with Crippen molar-refractivity contribution in [2.24, 2.45) is 11.7 Å². The van der Waals surface area contributed by atoms with E-state index in [9.17, 15) is 14.7 Å². The second-order valence-electron chi connectivity index (χ2n) is 6.45. The zero-order chi connectivity index (χ0) is 18.4. The molecule has 1 aliphatic heterocycles. The fourth-order valence-electron chi connectivity index (χ4n) is 3.18. The van der Waals surface area contributed by atoms with Gasteiger partial charge in [0.2, 0.25) is 5.43 Å². The Labute approximate surface area is 164 Å². The summed E-state index contributed by atoms with van der Waals surface area (Å²) in [5.74, 6) is -0.209. The second kappa shape index (κ2) is 7.26. The van der Waals surface area contributed by atoms with Crippen LogP contribution < -0.4 is 16.1 Å². The Morgan fingerprint density at radius 2 is 2.15 bits per heavy atom. The molecule has 1 aliphatic rings. The number of carbonyl (C=O) groups is 1. The molecule has 3 aromatic rings. The van der Waals surface area contributed by atoms with E-state index in [1.807, 2.05) is 0 Å². The molecule has 0 bridgehead atoms. The van der Waals surface area contributed by atoms with E-state index in [4.69, 9.17) is 5.73 Å². The van der Waals surface area contributed by atoms with Gasteiger partial charge in [-0.05, 0) is 18.1 Å². The molecule has 142 valence electrons. The maximum Gasteiger partial charge on any atom is 0.341 e. The van der Waals surface area contributed by atoms with Crippen molar-refractivity contribution in [3.05, 3.63) is 45.7 Å². The van der Waals surface area contributed by atoms with Gasteiger partial charge < -0.3 is 15.7 Å². The van der Waals surface area contributed by atoms with Crippen LogP contribution in [0.3, 0.4) is 0 Å². The predicted octanol–water partition coefficient (Wildman–Crippen LogP) is 1.75. The van der Waals surface area contributed by atoms with Gasteiger partial charge in [-0.3, -0.25) is 9.36 Å². The van der Waals surface area contributed by atoms with Crippen molar-refractivity contribution in [3.8, 4) is 5.13 Å². The van der Waals surface area contributed by atoms with Gasteiger partial charge in [0.1, 0.15) is 11.4 Å². The third-order valence-corrected chi connectivity index (χ3v) is 5.46. The van der Waals surface area contributed by atoms with E-state index in [0.29, 0.717) is 29.1 Å². The molecule has 0 radical (unpaired) electrons. The summed E-state index contributed by atoms with van der Waals surface area (Å²) < 4.78 is 1.56. The third kappa shape index (κ3) is 3.29. The van der Waals surface area contributed by atoms with Crippen molar-refractivity contribution < 1.29 is 9.90 Å². The van der Waals surface area contributed by atoms with E-state index in [0.717, 1.165) is 6.54 Å². The monoisotopic (exact) mass is 407 g/mol. The molecule has 0 unspecified atom stereocenters. The van der Waals surface area contributed by atoms with E-state index in [2.05, 4.69) is 21.8 Å². The number of halogens is 1. The maximum absolute atomic E-state index is 12.5. The Morgan fingerprint density at radius 3 is 2.74 bits per heavy atom. The predicted molar refractivity (Wildman–Crippen MR) is 107 cm³/mol. The number of anilines is 1. The molecule has 4 rings (SSSR count). The van der Waals surface area contributed by atoms with Gasteiger partial charge in [-0.2, -0.15) is 0 Å². The molecule has 0 saturated carbocycles. The number of fused-ring (bicyclic) bond motifs is 1. The summed E-state index contributed by atoms with van der Waals surface area (Å²) in [6.45, 7) is 3.57. The molecule has 0 aliphatic carbocycles. The number of carboxylic acid groups (broad SMARTS) is 1. The Morgan fingerprint density at radius 1 is 1.37 bits per heavy atom. The van der Waals surface area contributed by atoms with Crippen LogP contribution >= 0.6 is 23.7 Å². The van der Waals surface area contributed by atoms with Crippen LogP contribution in [0.1, 0.15) is 17.3 Å². The summed E-state index contributed by atoms with van der Waals surface area (Å²) in [5, 5.41) is 11.9. The van der Waals surface area contributed by atoms with E-state index < -0.39 is 11.4 Å². The van der Waals surface area contributed by atoms with E-state index >= 15 is 0 Å². The number of hydrogen-bond donors (Lipinski definition) is 2. The average Bonchev–Trinajstić information content (AvgIpc) is 3.25. The minimum Gasteiger partial charge on any atom is -0.477 e. The summed E-state index contributed by atoms with van der Waals surface area (Å²) in [7, 11) is 0. The highest BCUT2D eigenvalue weighted by Gasteiger charge is 2.28. The maximum atomic E-state index is 12.5. The van der Waals surface area contributed by atoms with Crippen molar-refractivity contribution in [2.45, 2.75) is 13.0 Å². The van der Waals surface area contributed by atoms with Crippen LogP contribution in [0.2, 0.25) is 0 Å². The van der Waals surface area contributed by atoms with Crippen LogP contribution in [0.25, 0.3) is 16.2 Å². The lowest BCUT2D eigenvalue weighted by Gasteiger charge is -2.18. The number of hydrogen-bond acceptors (Lipinski definition) is 7. The number of thiazole rings is 1. The molecule has 10 heteroatoms. The van der Waals surface area contributed by atoms with Crippen molar-refractivity contribution >= 4 is 46.6 Å². The summed E-state index contributed by atoms with van der Waals surface area (Å²) in [5.41, 5.74) is 5.64. The van der Waals surface area contributed by atoms with Gasteiger partial charge >= 0.3 is 5.97 Å². The summed E-state index contributed by atoms with van der Waals surface area (Å²) in [6, 6.07) is 3.44. The van der Waals surface area contributed by atoms with Gasteiger partial charge in [0.25, 0.3) is 0 Å². The Kier molecular flexibility index (Phi) is 5.18. The van der Waals surface area contributed by atoms with Crippen LogP contribution in [-0.2, 0) is 0 Å². The number of rotatable bonds is 3. The molecule has 0 spiro atoms. The fourth-order valence-corrected chi connectivity index (χ4v) is 3.80. The van der Waals surface area contributed by atoms with Crippen LogP contribution in [0, 0.1) is 5.92 Å². The molecule has 4 heterocycles. The quantitative estimate of drug-likeness (QED) is 0.679. The van der Waals surface area contributed by atoms with E-state index in [1.165, 1.54) is 17.5 Å². The molecule has 2 atom stereocenters. The van der Waals surface area contributed by atoms with Gasteiger partial charge in [-0.1, -0.05) is 6.92 Å². The molecule has 27 heavy (non-hydrogen) atoms. The zero-order valence-electron chi connectivity index (χ0n) is 14.4. The first kappa shape index (κ1) is 19.3. The van der Waals surface area contributed by atoms with E-state index in [-0.39, 0.29) is 29.4 Å². The average molecular weight is 408 g/mol. The molecule has 0 amide bonds. The molecule has 1 saturated heterocycles. The van der Waals surface area contributed by atoms with Crippen molar-refractivity contribution in [1.29, 1.82) is 0 Å². The normalized spacial score (nSPS) is 19.3. The molecule has 1 fully saturated rings. The Bertz CT molecular complexity index is 1040. The first-order chi connectivity index (χ1) is 12.5. The number of pyridine rings is 2. The number of carboxylic acids is 1. The number of aromatic carboxylic acids is 1. The lowest BCUT2D eigenvalue weighted by atomic mass is 10.1. The Hall–Kier alpha value is -2.49. The van der Waals surface area contributed by atoms with Crippen LogP contribution in [0.5, 0.6) is 0 Å². The van der Waals surface area contributed by atoms with Crippen molar-refractivity contribution in [2.75, 3.05) is 18.0 Å². The fraction of sp³-hybridized carbons (Fsp3) is 0.294. The first-order valence-corrected chi connectivity index (χ1v) is 9.04. The van der Waals surface area contributed by atoms with Gasteiger partial charge in [0.15, 0.2) is 10.8 Å². The van der Waals surface area contributed by atoms with Gasteiger partial charge in [0, 0.05) is 36.9 Å². The zero-order valence-corrected chi connectivity index (χ0v) is 16.0. The Balaban J connectivity index is 0.00000210. The summed E-state index contributed by atoms with van der Waals surface area (Å²) in [6.07, 6.45) is 2.91. The molecule has 0 aromatic carbocycles. The van der Waals surface area contributed by atoms with E-state index in [1.54, 1.807) is 28.3 Å². The van der Waals surface area contributed by atoms with Crippen LogP contribution in [0.15, 0.2) is 34.7 Å². The minimum atomic E-state index is -1.27. The second-order valence-corrected chi connectivity index (χ2v) is 7.32. The standard InChI is InChI=1S/C17H17N5O3S.ClH/c1-9-6-21(8-12(9)18)13-3-2-10-14(23)11(16(24)25)7-22(15(10)20-13)17-19-4-5-26-17;/h2-5,7,9,12H,6,8,18H2,1H3,(H,24,25);1H/t9-,12-;/m0./s1. The smallest absolute Gasteiger partial charge is 0.341 e. The van der Waals surface area contributed by atoms with Gasteiger partial charge in [0.05, 0.1) is 5.39 Å².